The van der Waals surface area contributed by atoms with Gasteiger partial charge in [0.05, 0.1) is 12.0 Å². The van der Waals surface area contributed by atoms with Gasteiger partial charge in [-0.2, -0.15) is 11.8 Å². The predicted octanol–water partition coefficient (Wildman–Crippen LogP) is 1.89. The van der Waals surface area contributed by atoms with Crippen molar-refractivity contribution in [3.05, 3.63) is 0 Å². The predicted molar refractivity (Wildman–Crippen MR) is 69.2 cm³/mol. The zero-order valence-corrected chi connectivity index (χ0v) is 11.3. The van der Waals surface area contributed by atoms with Gasteiger partial charge in [0, 0.05) is 20.1 Å². The Morgan fingerprint density at radius 1 is 1.56 bits per heavy atom. The van der Waals surface area contributed by atoms with Crippen LogP contribution in [-0.4, -0.2) is 43.1 Å². The first-order valence-corrected chi connectivity index (χ1v) is 7.29. The quantitative estimate of drug-likeness (QED) is 0.746. The Hall–Kier alpha value is 0.0700. The summed E-state index contributed by atoms with van der Waals surface area (Å²) in [6.07, 6.45) is 2.98. The van der Waals surface area contributed by atoms with Gasteiger partial charge in [-0.3, -0.25) is 4.79 Å². The standard InChI is InChI=1S/C11H20ClNO2S/c1-15-8-10(12)7-13-11(14)6-9-2-4-16-5-3-9/h9-10H,2-8H2,1H3,(H,13,14). The second-order valence-electron chi connectivity index (χ2n) is 4.12. The first kappa shape index (κ1) is 14.1. The summed E-state index contributed by atoms with van der Waals surface area (Å²) in [5, 5.41) is 2.73. The summed E-state index contributed by atoms with van der Waals surface area (Å²) in [6.45, 7) is 0.970. The van der Waals surface area contributed by atoms with Crippen molar-refractivity contribution in [2.75, 3.05) is 31.8 Å². The van der Waals surface area contributed by atoms with Gasteiger partial charge in [-0.05, 0) is 30.3 Å². The molecule has 16 heavy (non-hydrogen) atoms. The number of amides is 1. The topological polar surface area (TPSA) is 38.3 Å². The minimum atomic E-state index is -0.129. The SMILES string of the molecule is COCC(Cl)CNC(=O)CC1CCSCC1. The van der Waals surface area contributed by atoms with E-state index in [1.165, 1.54) is 24.3 Å². The molecule has 1 saturated heterocycles. The van der Waals surface area contributed by atoms with Crippen molar-refractivity contribution in [1.82, 2.24) is 5.32 Å². The van der Waals surface area contributed by atoms with Crippen LogP contribution in [0, 0.1) is 5.92 Å². The van der Waals surface area contributed by atoms with Crippen LogP contribution in [0.15, 0.2) is 0 Å². The number of hydrogen-bond acceptors (Lipinski definition) is 3. The zero-order chi connectivity index (χ0) is 11.8. The number of ether oxygens (including phenoxy) is 1. The maximum absolute atomic E-state index is 11.6. The normalized spacial score (nSPS) is 19.4. The third-order valence-corrected chi connectivity index (χ3v) is 4.01. The van der Waals surface area contributed by atoms with Crippen molar-refractivity contribution in [2.24, 2.45) is 5.92 Å². The van der Waals surface area contributed by atoms with E-state index in [1.54, 1.807) is 7.11 Å². The van der Waals surface area contributed by atoms with E-state index in [1.807, 2.05) is 11.8 Å². The van der Waals surface area contributed by atoms with E-state index in [0.29, 0.717) is 25.5 Å². The molecule has 1 aliphatic rings. The molecule has 0 aliphatic carbocycles. The molecule has 1 atom stereocenters. The molecular formula is C11H20ClNO2S. The van der Waals surface area contributed by atoms with E-state index in [2.05, 4.69) is 5.32 Å². The van der Waals surface area contributed by atoms with Gasteiger partial charge in [-0.15, -0.1) is 11.6 Å². The monoisotopic (exact) mass is 265 g/mol. The second kappa shape index (κ2) is 8.20. The fourth-order valence-electron chi connectivity index (χ4n) is 1.75. The first-order chi connectivity index (χ1) is 7.72. The molecule has 1 rings (SSSR count). The first-order valence-electron chi connectivity index (χ1n) is 5.69. The molecule has 0 aromatic carbocycles. The van der Waals surface area contributed by atoms with Crippen LogP contribution >= 0.6 is 23.4 Å². The van der Waals surface area contributed by atoms with Crippen molar-refractivity contribution in [1.29, 1.82) is 0 Å². The van der Waals surface area contributed by atoms with Crippen LogP contribution in [0.1, 0.15) is 19.3 Å². The van der Waals surface area contributed by atoms with E-state index in [0.717, 1.165) is 0 Å². The summed E-state index contributed by atoms with van der Waals surface area (Å²) in [5.74, 6) is 3.08. The number of nitrogens with one attached hydrogen (secondary N) is 1. The fraction of sp³-hybridized carbons (Fsp3) is 0.909. The summed E-state index contributed by atoms with van der Waals surface area (Å²) in [6, 6.07) is 0. The highest BCUT2D eigenvalue weighted by molar-refractivity contribution is 7.99. The van der Waals surface area contributed by atoms with Crippen LogP contribution in [0.4, 0.5) is 0 Å². The van der Waals surface area contributed by atoms with Crippen molar-refractivity contribution in [3.8, 4) is 0 Å². The Morgan fingerprint density at radius 2 is 2.25 bits per heavy atom. The number of hydrogen-bond donors (Lipinski definition) is 1. The van der Waals surface area contributed by atoms with E-state index in [4.69, 9.17) is 16.3 Å². The lowest BCUT2D eigenvalue weighted by atomic mass is 9.98. The molecule has 0 aromatic rings. The fourth-order valence-corrected chi connectivity index (χ4v) is 3.16. The van der Waals surface area contributed by atoms with Crippen LogP contribution in [0.5, 0.6) is 0 Å². The van der Waals surface area contributed by atoms with E-state index >= 15 is 0 Å². The van der Waals surface area contributed by atoms with E-state index in [9.17, 15) is 4.79 Å². The summed E-state index contributed by atoms with van der Waals surface area (Å²) < 4.78 is 4.90. The molecule has 1 amide bonds. The van der Waals surface area contributed by atoms with Gasteiger partial charge in [-0.25, -0.2) is 0 Å². The highest BCUT2D eigenvalue weighted by Gasteiger charge is 2.17. The summed E-state index contributed by atoms with van der Waals surface area (Å²) in [4.78, 5) is 11.6. The van der Waals surface area contributed by atoms with Gasteiger partial charge in [0.2, 0.25) is 5.91 Å². The minimum Gasteiger partial charge on any atom is -0.383 e. The van der Waals surface area contributed by atoms with Crippen LogP contribution in [0.3, 0.4) is 0 Å². The highest BCUT2D eigenvalue weighted by atomic mass is 35.5. The zero-order valence-electron chi connectivity index (χ0n) is 9.71. The van der Waals surface area contributed by atoms with Gasteiger partial charge < -0.3 is 10.1 Å². The van der Waals surface area contributed by atoms with Gasteiger partial charge in [-0.1, -0.05) is 0 Å². The number of methoxy groups -OCH3 is 1. The molecule has 1 unspecified atom stereocenters. The number of carbonyl (C=O) groups is 1. The van der Waals surface area contributed by atoms with Gasteiger partial charge >= 0.3 is 0 Å². The smallest absolute Gasteiger partial charge is 0.220 e. The Balaban J connectivity index is 2.10. The van der Waals surface area contributed by atoms with Crippen LogP contribution in [0.25, 0.3) is 0 Å². The molecule has 3 nitrogen and oxygen atoms in total. The molecule has 1 N–H and O–H groups in total. The molecule has 1 fully saturated rings. The summed E-state index contributed by atoms with van der Waals surface area (Å²) >= 11 is 7.91. The number of carbonyl (C=O) groups excluding carboxylic acids is 1. The van der Waals surface area contributed by atoms with Gasteiger partial charge in [0.15, 0.2) is 0 Å². The Kier molecular flexibility index (Phi) is 7.25. The Bertz CT molecular complexity index is 210. The molecule has 0 saturated carbocycles. The molecule has 5 heteroatoms. The Labute approximate surface area is 107 Å². The minimum absolute atomic E-state index is 0.124. The maximum Gasteiger partial charge on any atom is 0.220 e. The highest BCUT2D eigenvalue weighted by Crippen LogP contribution is 2.24. The molecule has 1 aliphatic heterocycles. The average Bonchev–Trinajstić information content (AvgIpc) is 2.28. The molecule has 0 radical (unpaired) electrons. The summed E-state index contributed by atoms with van der Waals surface area (Å²) in [7, 11) is 1.61. The lowest BCUT2D eigenvalue weighted by Crippen LogP contribution is -2.33. The van der Waals surface area contributed by atoms with E-state index < -0.39 is 0 Å². The molecule has 1 heterocycles. The molecule has 0 spiro atoms. The van der Waals surface area contributed by atoms with Crippen molar-refractivity contribution < 1.29 is 9.53 Å². The largest absolute Gasteiger partial charge is 0.383 e. The third-order valence-electron chi connectivity index (χ3n) is 2.68. The van der Waals surface area contributed by atoms with Crippen molar-refractivity contribution in [2.45, 2.75) is 24.6 Å². The maximum atomic E-state index is 11.6. The average molecular weight is 266 g/mol. The molecule has 0 aromatic heterocycles. The van der Waals surface area contributed by atoms with Crippen molar-refractivity contribution in [3.63, 3.8) is 0 Å². The van der Waals surface area contributed by atoms with Crippen LogP contribution in [0.2, 0.25) is 0 Å². The van der Waals surface area contributed by atoms with Gasteiger partial charge in [0.1, 0.15) is 0 Å². The summed E-state index contributed by atoms with van der Waals surface area (Å²) in [5.41, 5.74) is 0. The van der Waals surface area contributed by atoms with Gasteiger partial charge in [0.25, 0.3) is 0 Å². The Morgan fingerprint density at radius 3 is 2.88 bits per heavy atom. The van der Waals surface area contributed by atoms with Crippen LogP contribution < -0.4 is 5.32 Å². The number of rotatable bonds is 6. The number of halogens is 1. The number of alkyl halides is 1. The molecular weight excluding hydrogens is 246 g/mol. The third kappa shape index (κ3) is 5.97. The lowest BCUT2D eigenvalue weighted by Gasteiger charge is -2.20. The number of thioether (sulfide) groups is 1. The van der Waals surface area contributed by atoms with Crippen LogP contribution in [-0.2, 0) is 9.53 Å². The van der Waals surface area contributed by atoms with Crippen molar-refractivity contribution >= 4 is 29.3 Å². The second-order valence-corrected chi connectivity index (χ2v) is 5.96. The molecule has 94 valence electrons. The molecule has 0 bridgehead atoms. The van der Waals surface area contributed by atoms with E-state index in [-0.39, 0.29) is 11.3 Å². The lowest BCUT2D eigenvalue weighted by molar-refractivity contribution is -0.122.